The van der Waals surface area contributed by atoms with Gasteiger partial charge in [-0.2, -0.15) is 0 Å². The van der Waals surface area contributed by atoms with Crippen LogP contribution in [0.4, 0.5) is 5.69 Å². The number of benzene rings is 2. The maximum absolute atomic E-state index is 12.9. The number of furan rings is 1. The zero-order chi connectivity index (χ0) is 19.1. The molecule has 0 bridgehead atoms. The number of aryl methyl sites for hydroxylation is 1. The SMILES string of the molecule is Cc1ncccc1-c1ccc2c(N)c(C(=O)c3ccc(Cl)cc3Cl)oc2c1. The van der Waals surface area contributed by atoms with Crippen molar-refractivity contribution in [3.63, 3.8) is 0 Å². The number of ketones is 1. The van der Waals surface area contributed by atoms with E-state index in [4.69, 9.17) is 33.4 Å². The molecule has 2 aromatic carbocycles. The van der Waals surface area contributed by atoms with Crippen molar-refractivity contribution in [2.24, 2.45) is 0 Å². The highest BCUT2D eigenvalue weighted by atomic mass is 35.5. The van der Waals surface area contributed by atoms with Crippen molar-refractivity contribution >= 4 is 45.6 Å². The highest BCUT2D eigenvalue weighted by Gasteiger charge is 2.22. The van der Waals surface area contributed by atoms with Gasteiger partial charge in [0.25, 0.3) is 0 Å². The predicted molar refractivity (Wildman–Crippen MR) is 108 cm³/mol. The van der Waals surface area contributed by atoms with Crippen LogP contribution in [-0.4, -0.2) is 10.8 Å². The lowest BCUT2D eigenvalue weighted by molar-refractivity contribution is 0.101. The van der Waals surface area contributed by atoms with Crippen molar-refractivity contribution in [1.29, 1.82) is 0 Å². The number of aromatic nitrogens is 1. The lowest BCUT2D eigenvalue weighted by Gasteiger charge is -2.04. The topological polar surface area (TPSA) is 69.1 Å². The van der Waals surface area contributed by atoms with Crippen molar-refractivity contribution in [2.75, 3.05) is 5.73 Å². The van der Waals surface area contributed by atoms with Crippen molar-refractivity contribution < 1.29 is 9.21 Å². The Morgan fingerprint density at radius 1 is 1.11 bits per heavy atom. The lowest BCUT2D eigenvalue weighted by atomic mass is 10.0. The van der Waals surface area contributed by atoms with Gasteiger partial charge in [-0.1, -0.05) is 35.3 Å². The molecule has 0 fully saturated rings. The minimum Gasteiger partial charge on any atom is -0.450 e. The van der Waals surface area contributed by atoms with Crippen LogP contribution in [0.25, 0.3) is 22.1 Å². The largest absolute Gasteiger partial charge is 0.450 e. The summed E-state index contributed by atoms with van der Waals surface area (Å²) < 4.78 is 5.82. The van der Waals surface area contributed by atoms with Gasteiger partial charge in [0.1, 0.15) is 5.58 Å². The summed E-state index contributed by atoms with van der Waals surface area (Å²) in [5.74, 6) is -0.321. The van der Waals surface area contributed by atoms with Gasteiger partial charge >= 0.3 is 0 Å². The van der Waals surface area contributed by atoms with Crippen LogP contribution in [0, 0.1) is 6.92 Å². The Morgan fingerprint density at radius 2 is 1.93 bits per heavy atom. The summed E-state index contributed by atoms with van der Waals surface area (Å²) in [6, 6.07) is 14.2. The van der Waals surface area contributed by atoms with E-state index < -0.39 is 0 Å². The van der Waals surface area contributed by atoms with Gasteiger partial charge in [-0.05, 0) is 48.9 Å². The second kappa shape index (κ2) is 6.72. The van der Waals surface area contributed by atoms with E-state index in [1.807, 2.05) is 37.3 Å². The highest BCUT2D eigenvalue weighted by Crippen LogP contribution is 2.35. The van der Waals surface area contributed by atoms with Crippen molar-refractivity contribution in [3.05, 3.63) is 81.8 Å². The van der Waals surface area contributed by atoms with E-state index in [0.29, 0.717) is 16.0 Å². The minimum atomic E-state index is -0.385. The van der Waals surface area contributed by atoms with Gasteiger partial charge in [0.2, 0.25) is 5.78 Å². The van der Waals surface area contributed by atoms with Crippen LogP contribution < -0.4 is 5.73 Å². The molecule has 0 unspecified atom stereocenters. The number of hydrogen-bond donors (Lipinski definition) is 1. The number of nitrogen functional groups attached to an aromatic ring is 1. The van der Waals surface area contributed by atoms with E-state index >= 15 is 0 Å². The first-order valence-corrected chi connectivity index (χ1v) is 8.95. The summed E-state index contributed by atoms with van der Waals surface area (Å²) in [5.41, 5.74) is 10.1. The molecule has 4 aromatic rings. The third kappa shape index (κ3) is 3.07. The first-order chi connectivity index (χ1) is 13.0. The maximum Gasteiger partial charge on any atom is 0.231 e. The predicted octanol–water partition coefficient (Wildman–Crippen LogP) is 5.92. The first-order valence-electron chi connectivity index (χ1n) is 8.19. The number of nitrogens with two attached hydrogens (primary N) is 1. The quantitative estimate of drug-likeness (QED) is 0.436. The van der Waals surface area contributed by atoms with E-state index in [1.54, 1.807) is 18.3 Å². The van der Waals surface area contributed by atoms with Gasteiger partial charge in [0.15, 0.2) is 5.76 Å². The average molecular weight is 397 g/mol. The molecule has 0 aliphatic carbocycles. The molecule has 2 heterocycles. The van der Waals surface area contributed by atoms with Crippen molar-refractivity contribution in [3.8, 4) is 11.1 Å². The zero-order valence-electron chi connectivity index (χ0n) is 14.3. The molecule has 0 spiro atoms. The summed E-state index contributed by atoms with van der Waals surface area (Å²) in [6.45, 7) is 1.94. The van der Waals surface area contributed by atoms with Gasteiger partial charge in [-0.25, -0.2) is 0 Å². The summed E-state index contributed by atoms with van der Waals surface area (Å²) in [6.07, 6.45) is 1.74. The molecule has 27 heavy (non-hydrogen) atoms. The number of nitrogens with zero attached hydrogens (tertiary/aromatic N) is 1. The molecular formula is C21H14Cl2N2O2. The molecule has 0 saturated carbocycles. The van der Waals surface area contributed by atoms with E-state index in [9.17, 15) is 4.79 Å². The molecule has 2 aromatic heterocycles. The van der Waals surface area contributed by atoms with Crippen LogP contribution in [-0.2, 0) is 0 Å². The molecule has 0 saturated heterocycles. The number of carbonyl (C=O) groups is 1. The molecular weight excluding hydrogens is 383 g/mol. The smallest absolute Gasteiger partial charge is 0.231 e. The fourth-order valence-electron chi connectivity index (χ4n) is 3.04. The van der Waals surface area contributed by atoms with Crippen LogP contribution in [0.1, 0.15) is 21.8 Å². The molecule has 0 amide bonds. The normalized spacial score (nSPS) is 11.1. The van der Waals surface area contributed by atoms with E-state index in [-0.39, 0.29) is 27.8 Å². The average Bonchev–Trinajstić information content (AvgIpc) is 2.98. The molecule has 0 atom stereocenters. The summed E-state index contributed by atoms with van der Waals surface area (Å²) >= 11 is 12.1. The van der Waals surface area contributed by atoms with E-state index in [0.717, 1.165) is 16.8 Å². The van der Waals surface area contributed by atoms with Crippen LogP contribution in [0.3, 0.4) is 0 Å². The molecule has 0 radical (unpaired) electrons. The number of fused-ring (bicyclic) bond motifs is 1. The molecule has 134 valence electrons. The number of halogens is 2. The molecule has 4 nitrogen and oxygen atoms in total. The zero-order valence-corrected chi connectivity index (χ0v) is 15.8. The lowest BCUT2D eigenvalue weighted by Crippen LogP contribution is -2.03. The fraction of sp³-hybridized carbons (Fsp3) is 0.0476. The van der Waals surface area contributed by atoms with Gasteiger partial charge in [0, 0.05) is 33.4 Å². The second-order valence-electron chi connectivity index (χ2n) is 6.15. The first kappa shape index (κ1) is 17.6. The standard InChI is InChI=1S/C21H14Cl2N2O2/c1-11-14(3-2-8-25-11)12-4-6-16-18(9-12)27-21(19(16)24)20(26)15-7-5-13(22)10-17(15)23/h2-10H,24H2,1H3. The number of pyridine rings is 1. The van der Waals surface area contributed by atoms with Crippen LogP contribution in [0.2, 0.25) is 10.0 Å². The Hall–Kier alpha value is -2.82. The van der Waals surface area contributed by atoms with Crippen LogP contribution >= 0.6 is 23.2 Å². The number of hydrogen-bond acceptors (Lipinski definition) is 4. The third-order valence-electron chi connectivity index (χ3n) is 4.43. The Morgan fingerprint density at radius 3 is 2.67 bits per heavy atom. The van der Waals surface area contributed by atoms with Gasteiger partial charge in [-0.15, -0.1) is 0 Å². The van der Waals surface area contributed by atoms with Crippen molar-refractivity contribution in [2.45, 2.75) is 6.92 Å². The molecule has 0 aliphatic heterocycles. The minimum absolute atomic E-state index is 0.0641. The number of rotatable bonds is 3. The number of anilines is 1. The van der Waals surface area contributed by atoms with Crippen molar-refractivity contribution in [1.82, 2.24) is 4.98 Å². The fourth-order valence-corrected chi connectivity index (χ4v) is 3.53. The molecule has 4 rings (SSSR count). The summed E-state index contributed by atoms with van der Waals surface area (Å²) in [5, 5.41) is 1.37. The van der Waals surface area contributed by atoms with Gasteiger partial charge in [-0.3, -0.25) is 9.78 Å². The molecule has 2 N–H and O–H groups in total. The second-order valence-corrected chi connectivity index (χ2v) is 6.99. The Bertz CT molecular complexity index is 1200. The van der Waals surface area contributed by atoms with Crippen LogP contribution in [0.5, 0.6) is 0 Å². The van der Waals surface area contributed by atoms with E-state index in [1.165, 1.54) is 6.07 Å². The number of carbonyl (C=O) groups excluding carboxylic acids is 1. The Labute approximate surface area is 165 Å². The summed E-state index contributed by atoms with van der Waals surface area (Å²) in [7, 11) is 0. The Kier molecular flexibility index (Phi) is 4.38. The Balaban J connectivity index is 1.82. The monoisotopic (exact) mass is 396 g/mol. The van der Waals surface area contributed by atoms with Gasteiger partial charge in [0.05, 0.1) is 10.7 Å². The van der Waals surface area contributed by atoms with Gasteiger partial charge < -0.3 is 10.2 Å². The maximum atomic E-state index is 12.9. The molecule has 0 aliphatic rings. The van der Waals surface area contributed by atoms with E-state index in [2.05, 4.69) is 4.98 Å². The third-order valence-corrected chi connectivity index (χ3v) is 4.98. The van der Waals surface area contributed by atoms with Crippen LogP contribution in [0.15, 0.2) is 59.1 Å². The highest BCUT2D eigenvalue weighted by molar-refractivity contribution is 6.37. The summed E-state index contributed by atoms with van der Waals surface area (Å²) in [4.78, 5) is 17.2. The molecule has 6 heteroatoms.